The lowest BCUT2D eigenvalue weighted by Crippen LogP contribution is -2.04. The number of pyridine rings is 1. The Labute approximate surface area is 94.9 Å². The summed E-state index contributed by atoms with van der Waals surface area (Å²) in [6, 6.07) is 1.51. The Kier molecular flexibility index (Phi) is 3.45. The fourth-order valence-electron chi connectivity index (χ4n) is 1.13. The summed E-state index contributed by atoms with van der Waals surface area (Å²) in [5, 5.41) is 8.02. The molecule has 0 aliphatic carbocycles. The van der Waals surface area contributed by atoms with Gasteiger partial charge in [-0.05, 0) is 12.5 Å². The predicted octanol–water partition coefficient (Wildman–Crippen LogP) is 2.13. The lowest BCUT2D eigenvalue weighted by atomic mass is 10.1. The highest BCUT2D eigenvalue weighted by molar-refractivity contribution is 8.13. The van der Waals surface area contributed by atoms with E-state index in [1.54, 1.807) is 0 Å². The summed E-state index contributed by atoms with van der Waals surface area (Å²) in [5.74, 6) is 0. The summed E-state index contributed by atoms with van der Waals surface area (Å²) in [6.07, 6.45) is -2.12. The van der Waals surface area contributed by atoms with Crippen LogP contribution in [0.3, 0.4) is 0 Å². The Bertz CT molecular complexity index is 566. The monoisotopic (exact) mass is 266 g/mol. The van der Waals surface area contributed by atoms with Crippen LogP contribution in [0.1, 0.15) is 23.1 Å². The van der Waals surface area contributed by atoms with E-state index in [4.69, 9.17) is 15.9 Å². The molecule has 1 rings (SSSR count). The van der Waals surface area contributed by atoms with Crippen molar-refractivity contribution < 1.29 is 17.2 Å². The van der Waals surface area contributed by atoms with Gasteiger partial charge in [-0.3, -0.25) is 0 Å². The van der Waals surface area contributed by atoms with Gasteiger partial charge in [0.15, 0.2) is 5.03 Å². The van der Waals surface area contributed by atoms with Gasteiger partial charge in [0.1, 0.15) is 6.07 Å². The van der Waals surface area contributed by atoms with Crippen molar-refractivity contribution in [1.82, 2.24) is 4.98 Å². The summed E-state index contributed by atoms with van der Waals surface area (Å²) in [7, 11) is 0.801. The summed E-state index contributed by atoms with van der Waals surface area (Å²) < 4.78 is 46.9. The summed E-state index contributed by atoms with van der Waals surface area (Å²) in [6.45, 7) is 1.22. The average Bonchev–Trinajstić information content (AvgIpc) is 2.15. The number of alkyl halides is 2. The minimum Gasteiger partial charge on any atom is -0.242 e. The van der Waals surface area contributed by atoms with Gasteiger partial charge in [-0.2, -0.15) is 5.26 Å². The summed E-state index contributed by atoms with van der Waals surface area (Å²) in [5.41, 5.74) is -1.07. The third-order valence-electron chi connectivity index (χ3n) is 1.92. The van der Waals surface area contributed by atoms with Crippen molar-refractivity contribution in [1.29, 1.82) is 5.26 Å². The molecule has 4 nitrogen and oxygen atoms in total. The fourth-order valence-corrected chi connectivity index (χ4v) is 2.10. The molecule has 1 aromatic rings. The molecule has 0 amide bonds. The highest BCUT2D eigenvalue weighted by atomic mass is 35.7. The van der Waals surface area contributed by atoms with Crippen LogP contribution in [-0.2, 0) is 9.05 Å². The molecule has 0 saturated heterocycles. The highest BCUT2D eigenvalue weighted by Crippen LogP contribution is 2.28. The molecule has 0 bridgehead atoms. The van der Waals surface area contributed by atoms with Crippen LogP contribution in [0.4, 0.5) is 8.78 Å². The second-order valence-electron chi connectivity index (χ2n) is 2.87. The van der Waals surface area contributed by atoms with Crippen LogP contribution in [0.2, 0.25) is 0 Å². The lowest BCUT2D eigenvalue weighted by molar-refractivity contribution is 0.150. The third-order valence-corrected chi connectivity index (χ3v) is 3.13. The number of hydrogen-bond acceptors (Lipinski definition) is 4. The Hall–Kier alpha value is -1.26. The number of aromatic nitrogens is 1. The van der Waals surface area contributed by atoms with Crippen LogP contribution in [-0.4, -0.2) is 13.4 Å². The van der Waals surface area contributed by atoms with E-state index in [1.165, 1.54) is 13.0 Å². The second kappa shape index (κ2) is 4.31. The van der Waals surface area contributed by atoms with Crippen molar-refractivity contribution in [3.05, 3.63) is 22.9 Å². The Morgan fingerprint density at radius 1 is 1.56 bits per heavy atom. The van der Waals surface area contributed by atoms with Crippen molar-refractivity contribution in [2.45, 2.75) is 18.4 Å². The van der Waals surface area contributed by atoms with E-state index in [0.717, 1.165) is 0 Å². The molecule has 0 fully saturated rings. The first kappa shape index (κ1) is 12.8. The zero-order chi connectivity index (χ0) is 12.5. The molecule has 8 heteroatoms. The van der Waals surface area contributed by atoms with E-state index in [2.05, 4.69) is 4.98 Å². The second-order valence-corrected chi connectivity index (χ2v) is 5.35. The van der Waals surface area contributed by atoms with Gasteiger partial charge in [0.05, 0.1) is 5.56 Å². The van der Waals surface area contributed by atoms with Crippen LogP contribution in [0.15, 0.2) is 11.2 Å². The molecule has 1 aromatic heterocycles. The van der Waals surface area contributed by atoms with Gasteiger partial charge >= 0.3 is 0 Å². The first-order valence-corrected chi connectivity index (χ1v) is 6.22. The standard InChI is InChI=1S/C8H5ClF2N2O2S/c1-4-5(2-12)8(16(9,14)15)13-3-6(4)7(10)11/h3,7H,1H3. The normalized spacial score (nSPS) is 11.5. The zero-order valence-electron chi connectivity index (χ0n) is 7.91. The van der Waals surface area contributed by atoms with Crippen molar-refractivity contribution in [2.24, 2.45) is 0 Å². The predicted molar refractivity (Wildman–Crippen MR) is 51.7 cm³/mol. The van der Waals surface area contributed by atoms with E-state index in [0.29, 0.717) is 6.20 Å². The molecule has 16 heavy (non-hydrogen) atoms. The number of nitrogens with zero attached hydrogens (tertiary/aromatic N) is 2. The molecule has 0 aliphatic heterocycles. The molecule has 0 aromatic carbocycles. The maximum atomic E-state index is 12.4. The van der Waals surface area contributed by atoms with Crippen LogP contribution < -0.4 is 0 Å². The molecule has 0 radical (unpaired) electrons. The Balaban J connectivity index is 3.62. The molecular weight excluding hydrogens is 262 g/mol. The quantitative estimate of drug-likeness (QED) is 0.769. The molecule has 0 unspecified atom stereocenters. The van der Waals surface area contributed by atoms with E-state index >= 15 is 0 Å². The van der Waals surface area contributed by atoms with Crippen LogP contribution in [0, 0.1) is 18.3 Å². The van der Waals surface area contributed by atoms with Crippen molar-refractivity contribution in [3.63, 3.8) is 0 Å². The lowest BCUT2D eigenvalue weighted by Gasteiger charge is -2.07. The smallest absolute Gasteiger partial charge is 0.242 e. The first-order chi connectivity index (χ1) is 7.29. The van der Waals surface area contributed by atoms with E-state index in [9.17, 15) is 17.2 Å². The molecule has 0 N–H and O–H groups in total. The SMILES string of the molecule is Cc1c(C(F)F)cnc(S(=O)(=O)Cl)c1C#N. The summed E-state index contributed by atoms with van der Waals surface area (Å²) in [4.78, 5) is 3.28. The topological polar surface area (TPSA) is 70.8 Å². The van der Waals surface area contributed by atoms with Crippen molar-refractivity contribution >= 4 is 19.7 Å². The van der Waals surface area contributed by atoms with Gasteiger partial charge < -0.3 is 0 Å². The largest absolute Gasteiger partial charge is 0.280 e. The van der Waals surface area contributed by atoms with Crippen LogP contribution in [0.5, 0.6) is 0 Å². The third kappa shape index (κ3) is 2.28. The molecule has 0 atom stereocenters. The molecule has 0 spiro atoms. The van der Waals surface area contributed by atoms with Gasteiger partial charge in [0, 0.05) is 22.4 Å². The number of rotatable bonds is 2. The molecule has 0 aliphatic rings. The minimum atomic E-state index is -4.22. The Morgan fingerprint density at radius 3 is 2.50 bits per heavy atom. The van der Waals surface area contributed by atoms with Crippen molar-refractivity contribution in [2.75, 3.05) is 0 Å². The van der Waals surface area contributed by atoms with E-state index in [-0.39, 0.29) is 5.56 Å². The van der Waals surface area contributed by atoms with E-state index < -0.39 is 31.6 Å². The molecule has 1 heterocycles. The van der Waals surface area contributed by atoms with Gasteiger partial charge in [0.25, 0.3) is 15.5 Å². The minimum absolute atomic E-state index is 0.133. The van der Waals surface area contributed by atoms with Crippen LogP contribution >= 0.6 is 10.7 Å². The number of nitriles is 1. The maximum absolute atomic E-state index is 12.4. The van der Waals surface area contributed by atoms with E-state index in [1.807, 2.05) is 0 Å². The average molecular weight is 267 g/mol. The molecule has 86 valence electrons. The Morgan fingerprint density at radius 2 is 2.12 bits per heavy atom. The molecule has 0 saturated carbocycles. The maximum Gasteiger partial charge on any atom is 0.280 e. The van der Waals surface area contributed by atoms with Gasteiger partial charge in [0.2, 0.25) is 0 Å². The van der Waals surface area contributed by atoms with Crippen molar-refractivity contribution in [3.8, 4) is 6.07 Å². The zero-order valence-corrected chi connectivity index (χ0v) is 9.48. The number of halogens is 3. The van der Waals surface area contributed by atoms with Gasteiger partial charge in [-0.15, -0.1) is 0 Å². The molecular formula is C8H5ClF2N2O2S. The number of hydrogen-bond donors (Lipinski definition) is 0. The fraction of sp³-hybridized carbons (Fsp3) is 0.250. The van der Waals surface area contributed by atoms with Gasteiger partial charge in [-0.1, -0.05) is 0 Å². The van der Waals surface area contributed by atoms with Crippen LogP contribution in [0.25, 0.3) is 0 Å². The highest BCUT2D eigenvalue weighted by Gasteiger charge is 2.23. The first-order valence-electron chi connectivity index (χ1n) is 3.91. The van der Waals surface area contributed by atoms with Gasteiger partial charge in [-0.25, -0.2) is 22.2 Å². The summed E-state index contributed by atoms with van der Waals surface area (Å²) >= 11 is 0.